The van der Waals surface area contributed by atoms with Crippen molar-refractivity contribution in [1.82, 2.24) is 5.32 Å². The summed E-state index contributed by atoms with van der Waals surface area (Å²) in [6, 6.07) is -0.893. The summed E-state index contributed by atoms with van der Waals surface area (Å²) < 4.78 is 35.3. The first-order valence-electron chi connectivity index (χ1n) is 3.77. The van der Waals surface area contributed by atoms with Crippen molar-refractivity contribution in [2.24, 2.45) is 0 Å². The summed E-state index contributed by atoms with van der Waals surface area (Å²) in [6.45, 7) is 1.31. The van der Waals surface area contributed by atoms with Crippen LogP contribution in [0.15, 0.2) is 0 Å². The fourth-order valence-corrected chi connectivity index (χ4v) is 1.00. The second kappa shape index (κ2) is 5.32. The van der Waals surface area contributed by atoms with Gasteiger partial charge in [0.25, 0.3) is 0 Å². The van der Waals surface area contributed by atoms with Crippen molar-refractivity contribution in [2.45, 2.75) is 32.0 Å². The number of halogens is 4. The number of rotatable bonds is 4. The van der Waals surface area contributed by atoms with Gasteiger partial charge in [-0.05, 0) is 6.92 Å². The first-order valence-corrected chi connectivity index (χ1v) is 4.30. The molecule has 0 saturated carbocycles. The highest BCUT2D eigenvalue weighted by atomic mass is 35.5. The maximum Gasteiger partial charge on any atom is 0.391 e. The molecule has 0 aromatic carbocycles. The Kier molecular flexibility index (Phi) is 5.13. The van der Waals surface area contributed by atoms with E-state index < -0.39 is 24.5 Å². The molecule has 78 valence electrons. The molecule has 0 spiro atoms. The van der Waals surface area contributed by atoms with Crippen molar-refractivity contribution < 1.29 is 18.0 Å². The lowest BCUT2D eigenvalue weighted by Gasteiger charge is -2.15. The summed E-state index contributed by atoms with van der Waals surface area (Å²) in [6.07, 6.45) is -5.21. The molecule has 0 rings (SSSR count). The molecule has 0 aromatic rings. The van der Waals surface area contributed by atoms with E-state index in [1.54, 1.807) is 0 Å². The Bertz CT molecular complexity index is 172. The average Bonchev–Trinajstić information content (AvgIpc) is 1.81. The maximum atomic E-state index is 11.8. The van der Waals surface area contributed by atoms with Gasteiger partial charge in [0, 0.05) is 18.3 Å². The van der Waals surface area contributed by atoms with Crippen LogP contribution >= 0.6 is 11.6 Å². The minimum absolute atomic E-state index is 0.0454. The fraction of sp³-hybridized carbons (Fsp3) is 0.857. The summed E-state index contributed by atoms with van der Waals surface area (Å²) in [7, 11) is 0. The van der Waals surface area contributed by atoms with Crippen LogP contribution in [0.25, 0.3) is 0 Å². The van der Waals surface area contributed by atoms with E-state index in [1.165, 1.54) is 6.92 Å². The molecule has 0 saturated heterocycles. The fourth-order valence-electron chi connectivity index (χ4n) is 0.831. The van der Waals surface area contributed by atoms with Crippen LogP contribution in [0.4, 0.5) is 13.2 Å². The van der Waals surface area contributed by atoms with Crippen LogP contribution in [-0.4, -0.2) is 24.0 Å². The number of hydrogen-bond donors (Lipinski definition) is 1. The van der Waals surface area contributed by atoms with Gasteiger partial charge in [-0.1, -0.05) is 0 Å². The van der Waals surface area contributed by atoms with Gasteiger partial charge in [-0.15, -0.1) is 11.6 Å². The number of hydrogen-bond acceptors (Lipinski definition) is 1. The molecule has 13 heavy (non-hydrogen) atoms. The molecular formula is C7H11ClF3NO. The monoisotopic (exact) mass is 217 g/mol. The van der Waals surface area contributed by atoms with Crippen molar-refractivity contribution >= 4 is 17.5 Å². The topological polar surface area (TPSA) is 29.1 Å². The zero-order chi connectivity index (χ0) is 10.5. The predicted molar refractivity (Wildman–Crippen MR) is 43.6 cm³/mol. The van der Waals surface area contributed by atoms with Crippen LogP contribution in [0, 0.1) is 0 Å². The van der Waals surface area contributed by atoms with Gasteiger partial charge in [0.2, 0.25) is 5.91 Å². The highest BCUT2D eigenvalue weighted by Crippen LogP contribution is 2.21. The van der Waals surface area contributed by atoms with Gasteiger partial charge in [-0.2, -0.15) is 13.2 Å². The smallest absolute Gasteiger partial charge is 0.353 e. The zero-order valence-electron chi connectivity index (χ0n) is 7.12. The van der Waals surface area contributed by atoms with E-state index >= 15 is 0 Å². The summed E-state index contributed by atoms with van der Waals surface area (Å²) in [5.74, 6) is -0.336. The third-order valence-corrected chi connectivity index (χ3v) is 1.46. The van der Waals surface area contributed by atoms with Crippen LogP contribution in [-0.2, 0) is 4.79 Å². The first-order chi connectivity index (χ1) is 5.85. The van der Waals surface area contributed by atoms with E-state index in [4.69, 9.17) is 11.6 Å². The van der Waals surface area contributed by atoms with Crippen LogP contribution in [0.5, 0.6) is 0 Å². The summed E-state index contributed by atoms with van der Waals surface area (Å²) in [5.41, 5.74) is 0. The first kappa shape index (κ1) is 12.6. The van der Waals surface area contributed by atoms with Gasteiger partial charge in [0.15, 0.2) is 0 Å². The molecule has 2 nitrogen and oxygen atoms in total. The van der Waals surface area contributed by atoms with Crippen LogP contribution in [0.2, 0.25) is 0 Å². The van der Waals surface area contributed by atoms with Gasteiger partial charge in [0.05, 0.1) is 6.42 Å². The van der Waals surface area contributed by atoms with E-state index in [1.807, 2.05) is 0 Å². The molecule has 6 heteroatoms. The predicted octanol–water partition coefficient (Wildman–Crippen LogP) is 2.07. The lowest BCUT2D eigenvalue weighted by molar-refractivity contribution is -0.141. The van der Waals surface area contributed by atoms with Crippen molar-refractivity contribution in [3.05, 3.63) is 0 Å². The van der Waals surface area contributed by atoms with E-state index in [2.05, 4.69) is 5.32 Å². The largest absolute Gasteiger partial charge is 0.391 e. The Morgan fingerprint density at radius 1 is 1.54 bits per heavy atom. The lowest BCUT2D eigenvalue weighted by Crippen LogP contribution is -2.35. The Morgan fingerprint density at radius 3 is 2.46 bits per heavy atom. The number of nitrogens with one attached hydrogen (secondary N) is 1. The van der Waals surface area contributed by atoms with Crippen LogP contribution in [0.1, 0.15) is 19.8 Å². The highest BCUT2D eigenvalue weighted by molar-refractivity contribution is 6.18. The van der Waals surface area contributed by atoms with E-state index in [0.29, 0.717) is 0 Å². The molecule has 0 aliphatic rings. The number of carbonyl (C=O) groups is 1. The third kappa shape index (κ3) is 7.90. The Hall–Kier alpha value is -0.450. The minimum Gasteiger partial charge on any atom is -0.353 e. The second-order valence-corrected chi connectivity index (χ2v) is 3.10. The van der Waals surface area contributed by atoms with Crippen molar-refractivity contribution in [1.29, 1.82) is 0 Å². The Balaban J connectivity index is 3.74. The standard InChI is InChI=1S/C7H11ClF3NO/c1-5(4-7(9,10)11)12-6(13)2-3-8/h5H,2-4H2,1H3,(H,12,13). The molecule has 0 radical (unpaired) electrons. The number of carbonyl (C=O) groups excluding carboxylic acids is 1. The van der Waals surface area contributed by atoms with Gasteiger partial charge in [-0.3, -0.25) is 4.79 Å². The van der Waals surface area contributed by atoms with Crippen LogP contribution < -0.4 is 5.32 Å². The summed E-state index contributed by atoms with van der Waals surface area (Å²) >= 11 is 5.23. The highest BCUT2D eigenvalue weighted by Gasteiger charge is 2.30. The normalized spacial score (nSPS) is 13.9. The van der Waals surface area contributed by atoms with E-state index in [0.717, 1.165) is 0 Å². The van der Waals surface area contributed by atoms with Gasteiger partial charge >= 0.3 is 6.18 Å². The van der Waals surface area contributed by atoms with E-state index in [-0.39, 0.29) is 12.3 Å². The molecule has 1 atom stereocenters. The molecule has 0 heterocycles. The summed E-state index contributed by atoms with van der Waals surface area (Å²) in [5, 5.41) is 2.19. The molecule has 1 amide bonds. The van der Waals surface area contributed by atoms with Gasteiger partial charge < -0.3 is 5.32 Å². The molecule has 0 aliphatic carbocycles. The maximum absolute atomic E-state index is 11.8. The SMILES string of the molecule is CC(CC(F)(F)F)NC(=O)CCCl. The van der Waals surface area contributed by atoms with Crippen molar-refractivity contribution in [3.63, 3.8) is 0 Å². The van der Waals surface area contributed by atoms with E-state index in [9.17, 15) is 18.0 Å². The molecular weight excluding hydrogens is 207 g/mol. The quantitative estimate of drug-likeness (QED) is 0.718. The molecule has 0 fully saturated rings. The molecule has 0 aromatic heterocycles. The molecule has 1 N–H and O–H groups in total. The second-order valence-electron chi connectivity index (χ2n) is 2.73. The zero-order valence-corrected chi connectivity index (χ0v) is 7.87. The number of alkyl halides is 4. The Morgan fingerprint density at radius 2 is 2.08 bits per heavy atom. The third-order valence-electron chi connectivity index (χ3n) is 1.27. The lowest BCUT2D eigenvalue weighted by atomic mass is 10.2. The Labute approximate surface area is 79.4 Å². The average molecular weight is 218 g/mol. The number of amides is 1. The molecule has 0 bridgehead atoms. The van der Waals surface area contributed by atoms with Gasteiger partial charge in [0.1, 0.15) is 0 Å². The molecule has 0 aliphatic heterocycles. The van der Waals surface area contributed by atoms with Crippen LogP contribution in [0.3, 0.4) is 0 Å². The summed E-state index contributed by atoms with van der Waals surface area (Å²) in [4.78, 5) is 10.8. The van der Waals surface area contributed by atoms with Crippen molar-refractivity contribution in [2.75, 3.05) is 5.88 Å². The minimum atomic E-state index is -4.24. The van der Waals surface area contributed by atoms with Gasteiger partial charge in [-0.25, -0.2) is 0 Å². The van der Waals surface area contributed by atoms with Crippen molar-refractivity contribution in [3.8, 4) is 0 Å². The molecule has 1 unspecified atom stereocenters.